The highest BCUT2D eigenvalue weighted by Gasteiger charge is 2.44. The van der Waals surface area contributed by atoms with Crippen LogP contribution in [0.2, 0.25) is 16.6 Å². The lowest BCUT2D eigenvalue weighted by molar-refractivity contribution is 0.766. The summed E-state index contributed by atoms with van der Waals surface area (Å²) >= 11 is 0. The number of terminal acetylenes is 1. The Labute approximate surface area is 154 Å². The fraction of sp³-hybridized carbons (Fsp3) is 0.409. The van der Waals surface area contributed by atoms with Crippen molar-refractivity contribution >= 4 is 19.6 Å². The molecule has 3 heteroatoms. The summed E-state index contributed by atoms with van der Waals surface area (Å²) in [6.45, 7) is 14.2. The first-order valence-electron chi connectivity index (χ1n) is 9.13. The van der Waals surface area contributed by atoms with Gasteiger partial charge in [-0.2, -0.15) is 0 Å². The Morgan fingerprint density at radius 2 is 1.52 bits per heavy atom. The maximum atomic E-state index is 5.71. The third-order valence-electron chi connectivity index (χ3n) is 5.32. The lowest BCUT2D eigenvalue weighted by atomic mass is 10.1. The molecule has 0 atom stereocenters. The van der Waals surface area contributed by atoms with Crippen LogP contribution in [0.4, 0.5) is 5.69 Å². The van der Waals surface area contributed by atoms with Gasteiger partial charge in [-0.3, -0.25) is 0 Å². The van der Waals surface area contributed by atoms with Crippen molar-refractivity contribution in [3.63, 3.8) is 0 Å². The maximum Gasteiger partial charge on any atom is 0.168 e. The molecule has 0 amide bonds. The van der Waals surface area contributed by atoms with Crippen LogP contribution >= 0.6 is 0 Å². The summed E-state index contributed by atoms with van der Waals surface area (Å²) in [5.74, 6) is 2.74. The monoisotopic (exact) mass is 350 g/mol. The van der Waals surface area contributed by atoms with Gasteiger partial charge >= 0.3 is 0 Å². The molecule has 132 valence electrons. The summed E-state index contributed by atoms with van der Waals surface area (Å²) in [6, 6.07) is 12.1. The molecule has 0 spiro atoms. The van der Waals surface area contributed by atoms with Gasteiger partial charge in [0, 0.05) is 11.8 Å². The molecule has 0 aliphatic heterocycles. The lowest BCUT2D eigenvalue weighted by Gasteiger charge is -2.44. The molecule has 0 aliphatic rings. The fourth-order valence-electron chi connectivity index (χ4n) is 4.49. The van der Waals surface area contributed by atoms with Crippen molar-refractivity contribution in [1.29, 1.82) is 0 Å². The van der Waals surface area contributed by atoms with E-state index in [0.29, 0.717) is 22.3 Å². The van der Waals surface area contributed by atoms with Gasteiger partial charge in [0.05, 0.1) is 5.69 Å². The molecule has 0 saturated carbocycles. The molecule has 2 rings (SSSR count). The number of rotatable bonds is 6. The molecule has 1 heterocycles. The first kappa shape index (κ1) is 19.3. The zero-order valence-electron chi connectivity index (χ0n) is 16.3. The summed E-state index contributed by atoms with van der Waals surface area (Å²) in [5.41, 5.74) is 4.56. The third kappa shape index (κ3) is 3.64. The normalized spacial score (nSPS) is 12.9. The molecule has 2 aromatic rings. The minimum Gasteiger partial charge on any atom is -0.378 e. The van der Waals surface area contributed by atoms with Gasteiger partial charge in [-0.25, -0.2) is 4.99 Å². The van der Waals surface area contributed by atoms with Crippen molar-refractivity contribution in [1.82, 2.24) is 4.23 Å². The SMILES string of the molecule is C#CC(=Nc1ccn([Si](C(C)C)(C(C)C)C(C)C)c1)c1ccccc1. The molecular formula is C22H30N2Si. The number of hydrogen-bond donors (Lipinski definition) is 0. The van der Waals surface area contributed by atoms with E-state index in [4.69, 9.17) is 11.4 Å². The largest absolute Gasteiger partial charge is 0.378 e. The van der Waals surface area contributed by atoms with Crippen molar-refractivity contribution in [2.75, 3.05) is 0 Å². The molecule has 2 nitrogen and oxygen atoms in total. The van der Waals surface area contributed by atoms with Crippen LogP contribution in [-0.4, -0.2) is 18.2 Å². The van der Waals surface area contributed by atoms with Gasteiger partial charge in [-0.05, 0) is 34.8 Å². The van der Waals surface area contributed by atoms with Gasteiger partial charge in [0.2, 0.25) is 0 Å². The summed E-state index contributed by atoms with van der Waals surface area (Å²) in [4.78, 5) is 4.74. The first-order valence-corrected chi connectivity index (χ1v) is 11.3. The average Bonchev–Trinajstić information content (AvgIpc) is 3.01. The number of benzene rings is 1. The predicted molar refractivity (Wildman–Crippen MR) is 112 cm³/mol. The summed E-state index contributed by atoms with van der Waals surface area (Å²) in [7, 11) is -1.73. The van der Waals surface area contributed by atoms with E-state index in [1.807, 2.05) is 30.3 Å². The number of hydrogen-bond acceptors (Lipinski definition) is 1. The quantitative estimate of drug-likeness (QED) is 0.332. The molecule has 1 aromatic heterocycles. The van der Waals surface area contributed by atoms with Crippen molar-refractivity contribution < 1.29 is 0 Å². The second-order valence-corrected chi connectivity index (χ2v) is 13.4. The zero-order valence-corrected chi connectivity index (χ0v) is 17.3. The van der Waals surface area contributed by atoms with Gasteiger partial charge in [0.1, 0.15) is 5.71 Å². The van der Waals surface area contributed by atoms with Gasteiger partial charge in [-0.1, -0.05) is 71.9 Å². The number of aromatic nitrogens is 1. The number of nitrogens with zero attached hydrogens (tertiary/aromatic N) is 2. The molecule has 0 bridgehead atoms. The average molecular weight is 351 g/mol. The second kappa shape index (κ2) is 7.88. The maximum absolute atomic E-state index is 5.71. The minimum absolute atomic E-state index is 0.651. The van der Waals surface area contributed by atoms with E-state index in [2.05, 4.69) is 70.2 Å². The van der Waals surface area contributed by atoms with Crippen LogP contribution in [0.15, 0.2) is 53.8 Å². The topological polar surface area (TPSA) is 17.3 Å². The highest BCUT2D eigenvalue weighted by atomic mass is 28.3. The summed E-state index contributed by atoms with van der Waals surface area (Å²) < 4.78 is 2.49. The third-order valence-corrected chi connectivity index (χ3v) is 12.0. The Morgan fingerprint density at radius 3 is 2.00 bits per heavy atom. The van der Waals surface area contributed by atoms with E-state index in [0.717, 1.165) is 11.3 Å². The Balaban J connectivity index is 2.48. The van der Waals surface area contributed by atoms with Gasteiger partial charge in [0.25, 0.3) is 0 Å². The van der Waals surface area contributed by atoms with E-state index in [1.54, 1.807) is 0 Å². The molecule has 0 aliphatic carbocycles. The molecule has 0 unspecified atom stereocenters. The highest BCUT2D eigenvalue weighted by molar-refractivity contribution is 6.82. The van der Waals surface area contributed by atoms with Gasteiger partial charge < -0.3 is 4.23 Å². The highest BCUT2D eigenvalue weighted by Crippen LogP contribution is 2.43. The fourth-order valence-corrected chi connectivity index (χ4v) is 11.0. The molecular weight excluding hydrogens is 320 g/mol. The minimum atomic E-state index is -1.73. The van der Waals surface area contributed by atoms with E-state index in [-0.39, 0.29) is 0 Å². The van der Waals surface area contributed by atoms with Gasteiger partial charge in [0.15, 0.2) is 8.24 Å². The molecule has 0 radical (unpaired) electrons. The van der Waals surface area contributed by atoms with E-state index < -0.39 is 8.24 Å². The van der Waals surface area contributed by atoms with Crippen LogP contribution in [0.25, 0.3) is 0 Å². The smallest absolute Gasteiger partial charge is 0.168 e. The van der Waals surface area contributed by atoms with Gasteiger partial charge in [-0.15, -0.1) is 6.42 Å². The summed E-state index contributed by atoms with van der Waals surface area (Å²) in [5, 5.41) is 0. The van der Waals surface area contributed by atoms with Crippen LogP contribution in [0.5, 0.6) is 0 Å². The molecule has 0 N–H and O–H groups in total. The first-order chi connectivity index (χ1) is 11.8. The van der Waals surface area contributed by atoms with E-state index in [1.165, 1.54) is 0 Å². The molecule has 0 fully saturated rings. The Morgan fingerprint density at radius 1 is 0.960 bits per heavy atom. The Hall–Kier alpha value is -2.05. The molecule has 0 saturated heterocycles. The van der Waals surface area contributed by atoms with E-state index in [9.17, 15) is 0 Å². The van der Waals surface area contributed by atoms with Crippen molar-refractivity contribution in [2.24, 2.45) is 4.99 Å². The number of aliphatic imine (C=N–C) groups is 1. The molecule has 1 aromatic carbocycles. The molecule has 25 heavy (non-hydrogen) atoms. The van der Waals surface area contributed by atoms with Crippen molar-refractivity contribution in [3.05, 3.63) is 54.4 Å². The second-order valence-electron chi connectivity index (χ2n) is 7.60. The van der Waals surface area contributed by atoms with Crippen molar-refractivity contribution in [3.8, 4) is 12.3 Å². The summed E-state index contributed by atoms with van der Waals surface area (Å²) in [6.07, 6.45) is 10.1. The van der Waals surface area contributed by atoms with Crippen LogP contribution in [-0.2, 0) is 0 Å². The zero-order chi connectivity index (χ0) is 18.6. The predicted octanol–water partition coefficient (Wildman–Crippen LogP) is 6.27. The Kier molecular flexibility index (Phi) is 6.08. The van der Waals surface area contributed by atoms with Crippen LogP contribution in [0.1, 0.15) is 47.1 Å². The lowest BCUT2D eigenvalue weighted by Crippen LogP contribution is -2.51. The van der Waals surface area contributed by atoms with Crippen LogP contribution < -0.4 is 0 Å². The van der Waals surface area contributed by atoms with E-state index >= 15 is 0 Å². The van der Waals surface area contributed by atoms with Crippen LogP contribution in [0, 0.1) is 12.3 Å². The van der Waals surface area contributed by atoms with Crippen LogP contribution in [0.3, 0.4) is 0 Å². The Bertz CT molecular complexity index is 739. The standard InChI is InChI=1S/C22H30N2Si/c1-8-22(20-12-10-9-11-13-20)23-21-14-15-24(16-21)25(17(2)3,18(4)5)19(6)7/h1,9-19H,2-7H3. The van der Waals surface area contributed by atoms with Crippen molar-refractivity contribution in [2.45, 2.75) is 58.2 Å².